The zero-order valence-electron chi connectivity index (χ0n) is 18.0. The minimum absolute atomic E-state index is 0.203. The van der Waals surface area contributed by atoms with Gasteiger partial charge in [0.25, 0.3) is 0 Å². The van der Waals surface area contributed by atoms with E-state index in [0.29, 0.717) is 17.0 Å². The van der Waals surface area contributed by atoms with E-state index in [1.807, 2.05) is 31.2 Å². The summed E-state index contributed by atoms with van der Waals surface area (Å²) in [5, 5.41) is 3.24. The lowest BCUT2D eigenvalue weighted by Gasteiger charge is -2.22. The van der Waals surface area contributed by atoms with Crippen LogP contribution in [0, 0.1) is 6.92 Å². The summed E-state index contributed by atoms with van der Waals surface area (Å²) >= 11 is 1.33. The summed E-state index contributed by atoms with van der Waals surface area (Å²) in [6.45, 7) is 5.96. The molecule has 0 spiro atoms. The normalized spacial score (nSPS) is 15.4. The Kier molecular flexibility index (Phi) is 7.63. The molecule has 0 saturated heterocycles. The van der Waals surface area contributed by atoms with Crippen LogP contribution in [0.5, 0.6) is 0 Å². The molecular weight excluding hydrogens is 414 g/mol. The molecule has 1 unspecified atom stereocenters. The van der Waals surface area contributed by atoms with Crippen LogP contribution in [0.2, 0.25) is 0 Å². The van der Waals surface area contributed by atoms with E-state index in [2.05, 4.69) is 5.32 Å². The maximum atomic E-state index is 12.8. The van der Waals surface area contributed by atoms with Crippen molar-refractivity contribution >= 4 is 40.3 Å². The molecule has 1 aliphatic carbocycles. The first-order chi connectivity index (χ1) is 14.9. The molecule has 0 aliphatic heterocycles. The third-order valence-electron chi connectivity index (χ3n) is 5.06. The molecule has 1 heterocycles. The maximum Gasteiger partial charge on any atom is 0.341 e. The fourth-order valence-electron chi connectivity index (χ4n) is 3.63. The van der Waals surface area contributed by atoms with Crippen LogP contribution in [0.15, 0.2) is 30.3 Å². The van der Waals surface area contributed by atoms with Crippen LogP contribution in [0.4, 0.5) is 5.00 Å². The van der Waals surface area contributed by atoms with Gasteiger partial charge in [0.1, 0.15) is 5.00 Å². The fourth-order valence-corrected chi connectivity index (χ4v) is 4.93. The fraction of sp³-hybridized carbons (Fsp3) is 0.375. The first kappa shape index (κ1) is 22.7. The third-order valence-corrected chi connectivity index (χ3v) is 6.24. The number of amides is 1. The largest absolute Gasteiger partial charge is 0.466 e. The van der Waals surface area contributed by atoms with Gasteiger partial charge in [0.15, 0.2) is 0 Å². The molecule has 0 bridgehead atoms. The van der Waals surface area contributed by atoms with Gasteiger partial charge in [-0.25, -0.2) is 4.79 Å². The lowest BCUT2D eigenvalue weighted by atomic mass is 9.85. The van der Waals surface area contributed by atoms with Crippen molar-refractivity contribution < 1.29 is 23.9 Å². The van der Waals surface area contributed by atoms with Crippen molar-refractivity contribution in [1.29, 1.82) is 0 Å². The molecule has 164 valence electrons. The van der Waals surface area contributed by atoms with Crippen LogP contribution >= 0.6 is 11.3 Å². The number of aryl methyl sites for hydroxylation is 2. The van der Waals surface area contributed by atoms with E-state index in [9.17, 15) is 14.4 Å². The van der Waals surface area contributed by atoms with Crippen molar-refractivity contribution in [1.82, 2.24) is 0 Å². The molecule has 7 heteroatoms. The van der Waals surface area contributed by atoms with Gasteiger partial charge in [0, 0.05) is 11.0 Å². The molecule has 0 saturated carbocycles. The molecule has 1 atom stereocenters. The van der Waals surface area contributed by atoms with Gasteiger partial charge in [-0.15, -0.1) is 11.3 Å². The molecule has 0 fully saturated rings. The van der Waals surface area contributed by atoms with Crippen molar-refractivity contribution in [2.45, 2.75) is 46.0 Å². The standard InChI is InChI=1S/C24H27NO5S/c1-4-29-23(27)17-7-6-8-18-20(17)21(24(28)30-5-2)22(31-18)25-19(26)14-13-16-11-9-15(3)10-12-16/h9-14,17H,4-8H2,1-3H3,(H,25,26)/b14-13+. The van der Waals surface area contributed by atoms with E-state index >= 15 is 0 Å². The summed E-state index contributed by atoms with van der Waals surface area (Å²) in [6.07, 6.45) is 5.32. The smallest absolute Gasteiger partial charge is 0.341 e. The lowest BCUT2D eigenvalue weighted by molar-refractivity contribution is -0.145. The zero-order valence-corrected chi connectivity index (χ0v) is 18.8. The Hall–Kier alpha value is -2.93. The second-order valence-electron chi connectivity index (χ2n) is 7.29. The minimum Gasteiger partial charge on any atom is -0.466 e. The maximum absolute atomic E-state index is 12.8. The number of ether oxygens (including phenoxy) is 2. The van der Waals surface area contributed by atoms with Gasteiger partial charge in [0.05, 0.1) is 24.7 Å². The number of carbonyl (C=O) groups is 3. The minimum atomic E-state index is -0.533. The second kappa shape index (κ2) is 10.4. The van der Waals surface area contributed by atoms with Crippen LogP contribution in [-0.2, 0) is 25.5 Å². The quantitative estimate of drug-likeness (QED) is 0.490. The van der Waals surface area contributed by atoms with E-state index in [-0.39, 0.29) is 30.7 Å². The van der Waals surface area contributed by atoms with Crippen molar-refractivity contribution in [3.05, 3.63) is 57.5 Å². The highest BCUT2D eigenvalue weighted by Gasteiger charge is 2.36. The van der Waals surface area contributed by atoms with E-state index in [1.54, 1.807) is 19.9 Å². The molecule has 6 nitrogen and oxygen atoms in total. The first-order valence-electron chi connectivity index (χ1n) is 10.5. The SMILES string of the molecule is CCOC(=O)c1c(NC(=O)/C=C/c2ccc(C)cc2)sc2c1C(C(=O)OCC)CCC2. The molecule has 1 N–H and O–H groups in total. The molecular formula is C24H27NO5S. The summed E-state index contributed by atoms with van der Waals surface area (Å²) in [5.74, 6) is -1.75. The van der Waals surface area contributed by atoms with Crippen LogP contribution in [0.3, 0.4) is 0 Å². The van der Waals surface area contributed by atoms with E-state index in [4.69, 9.17) is 9.47 Å². The summed E-state index contributed by atoms with van der Waals surface area (Å²) in [5.41, 5.74) is 2.96. The molecule has 1 aromatic carbocycles. The van der Waals surface area contributed by atoms with Gasteiger partial charge in [0.2, 0.25) is 5.91 Å². The number of rotatable bonds is 7. The predicted molar refractivity (Wildman–Crippen MR) is 121 cm³/mol. The summed E-state index contributed by atoms with van der Waals surface area (Å²) < 4.78 is 10.5. The highest BCUT2D eigenvalue weighted by atomic mass is 32.1. The number of fused-ring (bicyclic) bond motifs is 1. The zero-order chi connectivity index (χ0) is 22.4. The van der Waals surface area contributed by atoms with Gasteiger partial charge < -0.3 is 14.8 Å². The Morgan fingerprint density at radius 1 is 1.13 bits per heavy atom. The average Bonchev–Trinajstić information content (AvgIpc) is 3.11. The molecule has 2 aromatic rings. The van der Waals surface area contributed by atoms with Gasteiger partial charge in [-0.3, -0.25) is 9.59 Å². The summed E-state index contributed by atoms with van der Waals surface area (Å²) in [4.78, 5) is 38.8. The third kappa shape index (κ3) is 5.41. The Morgan fingerprint density at radius 3 is 2.52 bits per heavy atom. The highest BCUT2D eigenvalue weighted by molar-refractivity contribution is 7.17. The van der Waals surface area contributed by atoms with Crippen molar-refractivity contribution in [2.24, 2.45) is 0 Å². The number of hydrogen-bond acceptors (Lipinski definition) is 6. The van der Waals surface area contributed by atoms with Gasteiger partial charge in [-0.1, -0.05) is 29.8 Å². The van der Waals surface area contributed by atoms with Crippen LogP contribution < -0.4 is 5.32 Å². The number of anilines is 1. The Bertz CT molecular complexity index is 990. The second-order valence-corrected chi connectivity index (χ2v) is 8.40. The molecule has 1 amide bonds. The topological polar surface area (TPSA) is 81.7 Å². The number of esters is 2. The highest BCUT2D eigenvalue weighted by Crippen LogP contribution is 2.44. The van der Waals surface area contributed by atoms with Gasteiger partial charge >= 0.3 is 11.9 Å². The average molecular weight is 442 g/mol. The number of thiophene rings is 1. The van der Waals surface area contributed by atoms with Gasteiger partial charge in [-0.05, 0) is 57.2 Å². The first-order valence-corrected chi connectivity index (χ1v) is 11.3. The lowest BCUT2D eigenvalue weighted by Crippen LogP contribution is -2.23. The van der Waals surface area contributed by atoms with Crippen LogP contribution in [0.25, 0.3) is 6.08 Å². The monoisotopic (exact) mass is 441 g/mol. The predicted octanol–water partition coefficient (Wildman–Crippen LogP) is 4.87. The molecule has 1 aromatic heterocycles. The van der Waals surface area contributed by atoms with E-state index in [0.717, 1.165) is 28.8 Å². The van der Waals surface area contributed by atoms with E-state index in [1.165, 1.54) is 17.4 Å². The Labute approximate surface area is 186 Å². The molecule has 31 heavy (non-hydrogen) atoms. The summed E-state index contributed by atoms with van der Waals surface area (Å²) in [7, 11) is 0. The number of benzene rings is 1. The number of carbonyl (C=O) groups excluding carboxylic acids is 3. The molecule has 3 rings (SSSR count). The van der Waals surface area contributed by atoms with Crippen molar-refractivity contribution in [3.8, 4) is 0 Å². The number of hydrogen-bond donors (Lipinski definition) is 1. The van der Waals surface area contributed by atoms with Gasteiger partial charge in [-0.2, -0.15) is 0 Å². The van der Waals surface area contributed by atoms with E-state index < -0.39 is 11.9 Å². The van der Waals surface area contributed by atoms with Crippen molar-refractivity contribution in [2.75, 3.05) is 18.5 Å². The Morgan fingerprint density at radius 2 is 1.84 bits per heavy atom. The van der Waals surface area contributed by atoms with Crippen LogP contribution in [-0.4, -0.2) is 31.1 Å². The molecule has 0 radical (unpaired) electrons. The number of nitrogens with one attached hydrogen (secondary N) is 1. The Balaban J connectivity index is 1.90. The molecule has 1 aliphatic rings. The summed E-state index contributed by atoms with van der Waals surface area (Å²) in [6, 6.07) is 7.80. The van der Waals surface area contributed by atoms with Crippen molar-refractivity contribution in [3.63, 3.8) is 0 Å². The van der Waals surface area contributed by atoms with Crippen LogP contribution in [0.1, 0.15) is 64.5 Å².